The Morgan fingerprint density at radius 3 is 2.88 bits per heavy atom. The van der Waals surface area contributed by atoms with Crippen molar-refractivity contribution >= 4 is 29.6 Å². The number of aliphatic imine (C=N–C) groups is 2. The molecule has 0 fully saturated rings. The number of carbonyl (C=O) groups excluding carboxylic acids is 1. The van der Waals surface area contributed by atoms with Crippen LogP contribution in [0.1, 0.15) is 5.69 Å². The molecule has 132 valence electrons. The number of hydrogen-bond acceptors (Lipinski definition) is 8. The Hall–Kier alpha value is -3.20. The van der Waals surface area contributed by atoms with Crippen molar-refractivity contribution in [2.45, 2.75) is 0 Å². The lowest BCUT2D eigenvalue weighted by molar-refractivity contribution is -0.117. The Bertz CT molecular complexity index is 892. The van der Waals surface area contributed by atoms with Gasteiger partial charge in [-0.2, -0.15) is 0 Å². The van der Waals surface area contributed by atoms with Gasteiger partial charge in [-0.05, 0) is 12.1 Å². The first kappa shape index (κ1) is 16.3. The fraction of sp³-hybridized carbons (Fsp3) is 0.294. The fourth-order valence-electron chi connectivity index (χ4n) is 2.74. The zero-order valence-electron chi connectivity index (χ0n) is 14.2. The predicted molar refractivity (Wildman–Crippen MR) is 97.9 cm³/mol. The van der Waals surface area contributed by atoms with Crippen molar-refractivity contribution in [1.29, 1.82) is 0 Å². The van der Waals surface area contributed by atoms with Gasteiger partial charge in [0.05, 0.1) is 38.1 Å². The molecule has 2 aliphatic heterocycles. The van der Waals surface area contributed by atoms with E-state index in [1.165, 1.54) is 0 Å². The third-order valence-electron chi connectivity index (χ3n) is 4.06. The molecule has 9 heteroatoms. The molecule has 0 aliphatic carbocycles. The number of aromatic nitrogens is 3. The number of nitrogens with zero attached hydrogens (tertiary/aromatic N) is 6. The van der Waals surface area contributed by atoms with E-state index in [1.54, 1.807) is 30.6 Å². The van der Waals surface area contributed by atoms with Crippen molar-refractivity contribution < 1.29 is 9.53 Å². The number of methoxy groups -OCH3 is 1. The molecule has 1 N–H and O–H groups in total. The quantitative estimate of drug-likeness (QED) is 0.853. The molecule has 26 heavy (non-hydrogen) atoms. The summed E-state index contributed by atoms with van der Waals surface area (Å²) in [5, 5.41) is 2.99. The number of carbonyl (C=O) groups is 1. The van der Waals surface area contributed by atoms with Crippen LogP contribution in [0.25, 0.3) is 11.3 Å². The Morgan fingerprint density at radius 1 is 1.23 bits per heavy atom. The molecule has 0 aromatic carbocycles. The van der Waals surface area contributed by atoms with E-state index >= 15 is 0 Å². The maximum absolute atomic E-state index is 12.2. The van der Waals surface area contributed by atoms with Gasteiger partial charge in [-0.1, -0.05) is 0 Å². The van der Waals surface area contributed by atoms with E-state index in [4.69, 9.17) is 4.74 Å². The van der Waals surface area contributed by atoms with Crippen LogP contribution in [-0.2, 0) is 9.53 Å². The number of pyridine rings is 1. The summed E-state index contributed by atoms with van der Waals surface area (Å²) in [5.41, 5.74) is 2.15. The predicted octanol–water partition coefficient (Wildman–Crippen LogP) is 0.774. The number of ether oxygens (including phenoxy) is 1. The van der Waals surface area contributed by atoms with E-state index in [0.29, 0.717) is 48.6 Å². The topological polar surface area (TPSA) is 105 Å². The third-order valence-corrected chi connectivity index (χ3v) is 4.06. The summed E-state index contributed by atoms with van der Waals surface area (Å²) in [6.45, 7) is 1.64. The van der Waals surface area contributed by atoms with Gasteiger partial charge in [0.2, 0.25) is 5.91 Å². The lowest BCUT2D eigenvalue weighted by Crippen LogP contribution is -2.42. The average Bonchev–Trinajstić information content (AvgIpc) is 3.22. The number of hydrogen-bond donors (Lipinski definition) is 1. The van der Waals surface area contributed by atoms with Crippen molar-refractivity contribution in [1.82, 2.24) is 15.0 Å². The molecule has 2 aliphatic rings. The largest absolute Gasteiger partial charge is 0.383 e. The van der Waals surface area contributed by atoms with Crippen LogP contribution >= 0.6 is 0 Å². The van der Waals surface area contributed by atoms with E-state index in [-0.39, 0.29) is 12.5 Å². The Labute approximate surface area is 149 Å². The summed E-state index contributed by atoms with van der Waals surface area (Å²) in [5.74, 6) is 1.66. The van der Waals surface area contributed by atoms with Gasteiger partial charge in [-0.15, -0.1) is 0 Å². The van der Waals surface area contributed by atoms with Gasteiger partial charge >= 0.3 is 0 Å². The van der Waals surface area contributed by atoms with Crippen molar-refractivity contribution in [3.63, 3.8) is 0 Å². The molecule has 0 bridgehead atoms. The molecule has 0 unspecified atom stereocenters. The van der Waals surface area contributed by atoms with Gasteiger partial charge in [-0.3, -0.25) is 19.7 Å². The summed E-state index contributed by atoms with van der Waals surface area (Å²) in [4.78, 5) is 35.7. The van der Waals surface area contributed by atoms with Gasteiger partial charge < -0.3 is 10.1 Å². The first-order chi connectivity index (χ1) is 12.8. The SMILES string of the molecule is COCCN1C(=O)CNc2ncc(-c3ccc(C4=NCC=N4)nc3)nc21. The van der Waals surface area contributed by atoms with Crippen LogP contribution < -0.4 is 10.2 Å². The highest BCUT2D eigenvalue weighted by atomic mass is 16.5. The molecule has 4 rings (SSSR count). The monoisotopic (exact) mass is 351 g/mol. The van der Waals surface area contributed by atoms with Crippen LogP contribution in [0.15, 0.2) is 34.5 Å². The van der Waals surface area contributed by atoms with E-state index in [2.05, 4.69) is 30.3 Å². The second-order valence-electron chi connectivity index (χ2n) is 5.73. The molecule has 4 heterocycles. The lowest BCUT2D eigenvalue weighted by Gasteiger charge is -2.28. The Balaban J connectivity index is 1.64. The summed E-state index contributed by atoms with van der Waals surface area (Å²) in [6, 6.07) is 3.75. The molecular weight excluding hydrogens is 334 g/mol. The maximum atomic E-state index is 12.2. The highest BCUT2D eigenvalue weighted by molar-refractivity contribution is 6.05. The van der Waals surface area contributed by atoms with Gasteiger partial charge in [0.25, 0.3) is 0 Å². The summed E-state index contributed by atoms with van der Waals surface area (Å²) in [6.07, 6.45) is 5.12. The minimum absolute atomic E-state index is 0.0634. The van der Waals surface area contributed by atoms with Gasteiger partial charge in [0.15, 0.2) is 17.5 Å². The van der Waals surface area contributed by atoms with Gasteiger partial charge in [-0.25, -0.2) is 15.0 Å². The van der Waals surface area contributed by atoms with Crippen LogP contribution in [-0.4, -0.2) is 66.3 Å². The van der Waals surface area contributed by atoms with Crippen molar-refractivity contribution in [3.8, 4) is 11.3 Å². The molecule has 0 saturated carbocycles. The first-order valence-electron chi connectivity index (χ1n) is 8.20. The average molecular weight is 351 g/mol. The fourth-order valence-corrected chi connectivity index (χ4v) is 2.74. The Kier molecular flexibility index (Phi) is 4.36. The van der Waals surface area contributed by atoms with Crippen molar-refractivity contribution in [3.05, 3.63) is 30.2 Å². The molecule has 9 nitrogen and oxygen atoms in total. The zero-order chi connectivity index (χ0) is 17.9. The molecule has 2 aromatic rings. The minimum atomic E-state index is -0.0634. The third kappa shape index (κ3) is 3.04. The highest BCUT2D eigenvalue weighted by Gasteiger charge is 2.26. The number of amides is 1. The number of fused-ring (bicyclic) bond motifs is 1. The van der Waals surface area contributed by atoms with Gasteiger partial charge in [0.1, 0.15) is 5.69 Å². The normalized spacial score (nSPS) is 15.7. The molecule has 1 amide bonds. The molecule has 0 atom stereocenters. The van der Waals surface area contributed by atoms with E-state index in [9.17, 15) is 4.79 Å². The molecular formula is C17H17N7O2. The van der Waals surface area contributed by atoms with E-state index < -0.39 is 0 Å². The number of amidine groups is 1. The van der Waals surface area contributed by atoms with E-state index in [1.807, 2.05) is 12.1 Å². The van der Waals surface area contributed by atoms with Crippen LogP contribution in [0, 0.1) is 0 Å². The zero-order valence-corrected chi connectivity index (χ0v) is 14.2. The van der Waals surface area contributed by atoms with E-state index in [0.717, 1.165) is 5.56 Å². The maximum Gasteiger partial charge on any atom is 0.247 e. The highest BCUT2D eigenvalue weighted by Crippen LogP contribution is 2.28. The van der Waals surface area contributed by atoms with Crippen LogP contribution in [0.2, 0.25) is 0 Å². The molecule has 0 saturated heterocycles. The number of nitrogens with one attached hydrogen (secondary N) is 1. The second-order valence-corrected chi connectivity index (χ2v) is 5.73. The summed E-state index contributed by atoms with van der Waals surface area (Å²) < 4.78 is 5.09. The smallest absolute Gasteiger partial charge is 0.247 e. The van der Waals surface area contributed by atoms with Crippen molar-refractivity contribution in [2.75, 3.05) is 43.6 Å². The van der Waals surface area contributed by atoms with Crippen molar-refractivity contribution in [2.24, 2.45) is 9.98 Å². The molecule has 0 radical (unpaired) electrons. The number of rotatable bonds is 5. The first-order valence-corrected chi connectivity index (χ1v) is 8.20. The summed E-state index contributed by atoms with van der Waals surface area (Å²) >= 11 is 0. The second kappa shape index (κ2) is 6.96. The lowest BCUT2D eigenvalue weighted by atomic mass is 10.2. The van der Waals surface area contributed by atoms with Crippen LogP contribution in [0.4, 0.5) is 11.6 Å². The standard InChI is InChI=1S/C17H17N7O2/c1-26-7-6-24-14(25)10-22-16-17(24)23-13(9-21-16)11-2-3-12(20-8-11)15-18-4-5-19-15/h2-4,8-9H,5-7,10H2,1H3,(H,21,22). The molecule has 2 aromatic heterocycles. The van der Waals surface area contributed by atoms with Gasteiger partial charge in [0, 0.05) is 25.1 Å². The van der Waals surface area contributed by atoms with Crippen LogP contribution in [0.3, 0.4) is 0 Å². The summed E-state index contributed by atoms with van der Waals surface area (Å²) in [7, 11) is 1.60. The van der Waals surface area contributed by atoms with Crippen LogP contribution in [0.5, 0.6) is 0 Å². The minimum Gasteiger partial charge on any atom is -0.383 e. The number of anilines is 2. The Morgan fingerprint density at radius 2 is 2.15 bits per heavy atom. The molecule has 0 spiro atoms.